The van der Waals surface area contributed by atoms with Gasteiger partial charge >= 0.3 is 0 Å². The molecule has 0 aliphatic heterocycles. The fraction of sp³-hybridized carbons (Fsp3) is 0.150. The van der Waals surface area contributed by atoms with Crippen molar-refractivity contribution in [3.8, 4) is 5.69 Å². The number of rotatable bonds is 4. The Kier molecular flexibility index (Phi) is 4.86. The third-order valence-electron chi connectivity index (χ3n) is 4.08. The molecule has 1 amide bonds. The van der Waals surface area contributed by atoms with Gasteiger partial charge in [0.2, 0.25) is 0 Å². The largest absolute Gasteiger partial charge is 0.322 e. The summed E-state index contributed by atoms with van der Waals surface area (Å²) in [5.41, 5.74) is 4.55. The standard InChI is InChI=1S/C20H20N2O2S/c1-14-7-8-15(2)22(14)18-11-9-16(10-12-18)20(23)21-17-5-4-6-19(13-17)25(3)24/h4-13H,1-3H3,(H,21,23)/t25-/m0/s1. The Balaban J connectivity index is 1.79. The molecule has 3 rings (SSSR count). The summed E-state index contributed by atoms with van der Waals surface area (Å²) in [6, 6.07) is 18.7. The highest BCUT2D eigenvalue weighted by atomic mass is 32.2. The fourth-order valence-electron chi connectivity index (χ4n) is 2.79. The van der Waals surface area contributed by atoms with Crippen molar-refractivity contribution in [3.63, 3.8) is 0 Å². The molecule has 2 aromatic carbocycles. The molecular weight excluding hydrogens is 332 g/mol. The minimum atomic E-state index is -1.08. The van der Waals surface area contributed by atoms with E-state index in [0.717, 1.165) is 17.1 Å². The topological polar surface area (TPSA) is 51.1 Å². The maximum absolute atomic E-state index is 12.4. The zero-order valence-electron chi connectivity index (χ0n) is 14.4. The molecule has 1 aromatic heterocycles. The highest BCUT2D eigenvalue weighted by Crippen LogP contribution is 2.18. The number of hydrogen-bond acceptors (Lipinski definition) is 2. The van der Waals surface area contributed by atoms with Crippen molar-refractivity contribution < 1.29 is 9.00 Å². The van der Waals surface area contributed by atoms with E-state index < -0.39 is 10.8 Å². The molecule has 3 aromatic rings. The number of amides is 1. The summed E-state index contributed by atoms with van der Waals surface area (Å²) < 4.78 is 13.7. The number of carbonyl (C=O) groups excluding carboxylic acids is 1. The van der Waals surface area contributed by atoms with Gasteiger partial charge in [-0.15, -0.1) is 0 Å². The summed E-state index contributed by atoms with van der Waals surface area (Å²) in [7, 11) is -1.08. The van der Waals surface area contributed by atoms with Crippen LogP contribution in [0.5, 0.6) is 0 Å². The van der Waals surface area contributed by atoms with Gasteiger partial charge in [-0.3, -0.25) is 9.00 Å². The van der Waals surface area contributed by atoms with Crippen LogP contribution in [0.3, 0.4) is 0 Å². The second kappa shape index (κ2) is 7.07. The predicted octanol–water partition coefficient (Wildman–Crippen LogP) is 4.08. The monoisotopic (exact) mass is 352 g/mol. The number of anilines is 1. The smallest absolute Gasteiger partial charge is 0.255 e. The van der Waals surface area contributed by atoms with E-state index in [0.29, 0.717) is 16.1 Å². The number of hydrogen-bond donors (Lipinski definition) is 1. The third-order valence-corrected chi connectivity index (χ3v) is 5.00. The Morgan fingerprint density at radius 2 is 1.60 bits per heavy atom. The van der Waals surface area contributed by atoms with Crippen LogP contribution in [0.2, 0.25) is 0 Å². The van der Waals surface area contributed by atoms with Crippen molar-refractivity contribution >= 4 is 22.4 Å². The van der Waals surface area contributed by atoms with Crippen LogP contribution in [0.15, 0.2) is 65.6 Å². The molecule has 0 fully saturated rings. The molecule has 4 nitrogen and oxygen atoms in total. The van der Waals surface area contributed by atoms with Gasteiger partial charge in [-0.2, -0.15) is 0 Å². The molecule has 0 aliphatic carbocycles. The summed E-state index contributed by atoms with van der Waals surface area (Å²) in [5.74, 6) is -0.188. The van der Waals surface area contributed by atoms with E-state index >= 15 is 0 Å². The van der Waals surface area contributed by atoms with E-state index in [9.17, 15) is 9.00 Å². The summed E-state index contributed by atoms with van der Waals surface area (Å²) in [5, 5.41) is 2.85. The Labute approximate surface area is 150 Å². The number of aromatic nitrogens is 1. The number of carbonyl (C=O) groups is 1. The molecule has 0 saturated heterocycles. The summed E-state index contributed by atoms with van der Waals surface area (Å²) in [6.07, 6.45) is 1.62. The van der Waals surface area contributed by atoms with Crippen molar-refractivity contribution in [2.75, 3.05) is 11.6 Å². The lowest BCUT2D eigenvalue weighted by Gasteiger charge is -2.11. The van der Waals surface area contributed by atoms with Crippen LogP contribution in [0.1, 0.15) is 21.7 Å². The van der Waals surface area contributed by atoms with E-state index in [1.165, 1.54) is 0 Å². The van der Waals surface area contributed by atoms with Crippen LogP contribution in [0.4, 0.5) is 5.69 Å². The molecule has 0 radical (unpaired) electrons. The van der Waals surface area contributed by atoms with Gasteiger partial charge in [-0.1, -0.05) is 6.07 Å². The quantitative estimate of drug-likeness (QED) is 0.769. The van der Waals surface area contributed by atoms with Gasteiger partial charge in [-0.05, 0) is 68.4 Å². The average molecular weight is 352 g/mol. The summed E-state index contributed by atoms with van der Waals surface area (Å²) in [4.78, 5) is 13.1. The SMILES string of the molecule is Cc1ccc(C)n1-c1ccc(C(=O)Nc2cccc([S@](C)=O)c2)cc1. The van der Waals surface area contributed by atoms with Crippen LogP contribution in [0, 0.1) is 13.8 Å². The molecule has 25 heavy (non-hydrogen) atoms. The lowest BCUT2D eigenvalue weighted by Crippen LogP contribution is -2.12. The molecule has 1 N–H and O–H groups in total. The molecule has 0 unspecified atom stereocenters. The first-order valence-electron chi connectivity index (χ1n) is 7.96. The van der Waals surface area contributed by atoms with Crippen LogP contribution >= 0.6 is 0 Å². The zero-order valence-corrected chi connectivity index (χ0v) is 15.3. The second-order valence-corrected chi connectivity index (χ2v) is 7.31. The molecular formula is C20H20N2O2S. The number of benzene rings is 2. The van der Waals surface area contributed by atoms with Crippen LogP contribution in [-0.2, 0) is 10.8 Å². The zero-order chi connectivity index (χ0) is 18.0. The van der Waals surface area contributed by atoms with E-state index in [1.54, 1.807) is 30.5 Å². The maximum Gasteiger partial charge on any atom is 0.255 e. The Morgan fingerprint density at radius 3 is 2.20 bits per heavy atom. The molecule has 0 spiro atoms. The first-order chi connectivity index (χ1) is 12.0. The van der Waals surface area contributed by atoms with Gasteiger partial charge in [0.1, 0.15) is 0 Å². The molecule has 5 heteroatoms. The third kappa shape index (κ3) is 3.72. The molecule has 1 atom stereocenters. The summed E-state index contributed by atoms with van der Waals surface area (Å²) >= 11 is 0. The van der Waals surface area contributed by atoms with Gasteiger partial charge in [0.15, 0.2) is 0 Å². The minimum Gasteiger partial charge on any atom is -0.322 e. The number of nitrogens with zero attached hydrogens (tertiary/aromatic N) is 1. The Morgan fingerprint density at radius 1 is 0.960 bits per heavy atom. The lowest BCUT2D eigenvalue weighted by atomic mass is 10.2. The Bertz CT molecular complexity index is 923. The van der Waals surface area contributed by atoms with Crippen LogP contribution in [0.25, 0.3) is 5.69 Å². The molecule has 0 aliphatic rings. The Hall–Kier alpha value is -2.66. The van der Waals surface area contributed by atoms with Crippen molar-refractivity contribution in [2.45, 2.75) is 18.7 Å². The van der Waals surface area contributed by atoms with Gasteiger partial charge in [0.25, 0.3) is 5.91 Å². The van der Waals surface area contributed by atoms with Gasteiger partial charge in [0.05, 0.1) is 0 Å². The number of aryl methyl sites for hydroxylation is 2. The first-order valence-corrected chi connectivity index (χ1v) is 9.52. The highest BCUT2D eigenvalue weighted by Gasteiger charge is 2.09. The van der Waals surface area contributed by atoms with E-state index in [-0.39, 0.29) is 5.91 Å². The molecule has 0 saturated carbocycles. The highest BCUT2D eigenvalue weighted by molar-refractivity contribution is 7.84. The second-order valence-electron chi connectivity index (χ2n) is 5.93. The van der Waals surface area contributed by atoms with E-state index in [1.807, 2.05) is 24.3 Å². The van der Waals surface area contributed by atoms with Gasteiger partial charge in [0, 0.05) is 50.3 Å². The normalized spacial score (nSPS) is 12.0. The van der Waals surface area contributed by atoms with Crippen LogP contribution in [-0.4, -0.2) is 20.9 Å². The minimum absolute atomic E-state index is 0.188. The van der Waals surface area contributed by atoms with Crippen molar-refractivity contribution in [2.24, 2.45) is 0 Å². The predicted molar refractivity (Wildman–Crippen MR) is 102 cm³/mol. The fourth-order valence-corrected chi connectivity index (χ4v) is 3.36. The van der Waals surface area contributed by atoms with Gasteiger partial charge < -0.3 is 9.88 Å². The maximum atomic E-state index is 12.4. The average Bonchev–Trinajstić information content (AvgIpc) is 2.94. The lowest BCUT2D eigenvalue weighted by molar-refractivity contribution is 0.102. The van der Waals surface area contributed by atoms with E-state index in [2.05, 4.69) is 35.9 Å². The van der Waals surface area contributed by atoms with Crippen molar-refractivity contribution in [3.05, 3.63) is 77.6 Å². The summed E-state index contributed by atoms with van der Waals surface area (Å²) in [6.45, 7) is 4.11. The van der Waals surface area contributed by atoms with Crippen molar-refractivity contribution in [1.82, 2.24) is 4.57 Å². The van der Waals surface area contributed by atoms with E-state index in [4.69, 9.17) is 0 Å². The van der Waals surface area contributed by atoms with Crippen LogP contribution < -0.4 is 5.32 Å². The first kappa shape index (κ1) is 17.2. The molecule has 0 bridgehead atoms. The molecule has 1 heterocycles. The molecule has 128 valence electrons. The van der Waals surface area contributed by atoms with Crippen molar-refractivity contribution in [1.29, 1.82) is 0 Å². The van der Waals surface area contributed by atoms with Gasteiger partial charge in [-0.25, -0.2) is 0 Å². The number of nitrogens with one attached hydrogen (secondary N) is 1.